The van der Waals surface area contributed by atoms with Gasteiger partial charge in [0.05, 0.1) is 10.7 Å². The standard InChI is InChI=1S/C12H14ClNOS/c1-8-2-3-10(13)11(4-8)14-6-9(7-16)5-12(14)15/h2-4,9,16H,5-7H2,1H3. The van der Waals surface area contributed by atoms with Crippen LogP contribution in [0.4, 0.5) is 5.69 Å². The number of carbonyl (C=O) groups excluding carboxylic acids is 1. The minimum absolute atomic E-state index is 0.145. The Morgan fingerprint density at radius 1 is 1.56 bits per heavy atom. The molecule has 0 radical (unpaired) electrons. The van der Waals surface area contributed by atoms with Gasteiger partial charge in [-0.25, -0.2) is 0 Å². The molecule has 1 saturated heterocycles. The summed E-state index contributed by atoms with van der Waals surface area (Å²) >= 11 is 10.4. The number of hydrogen-bond donors (Lipinski definition) is 1. The third kappa shape index (κ3) is 2.20. The van der Waals surface area contributed by atoms with Gasteiger partial charge in [-0.3, -0.25) is 4.79 Å². The van der Waals surface area contributed by atoms with Gasteiger partial charge in [-0.1, -0.05) is 17.7 Å². The highest BCUT2D eigenvalue weighted by atomic mass is 35.5. The van der Waals surface area contributed by atoms with Gasteiger partial charge < -0.3 is 4.90 Å². The van der Waals surface area contributed by atoms with Crippen LogP contribution in [0, 0.1) is 12.8 Å². The summed E-state index contributed by atoms with van der Waals surface area (Å²) < 4.78 is 0. The predicted molar refractivity (Wildman–Crippen MR) is 70.5 cm³/mol. The number of rotatable bonds is 2. The van der Waals surface area contributed by atoms with Crippen LogP contribution < -0.4 is 4.90 Å². The van der Waals surface area contributed by atoms with E-state index in [4.69, 9.17) is 11.6 Å². The van der Waals surface area contributed by atoms with Crippen LogP contribution in [-0.4, -0.2) is 18.2 Å². The minimum atomic E-state index is 0.145. The highest BCUT2D eigenvalue weighted by molar-refractivity contribution is 7.80. The quantitative estimate of drug-likeness (QED) is 0.806. The van der Waals surface area contributed by atoms with Crippen molar-refractivity contribution in [1.29, 1.82) is 0 Å². The second-order valence-corrected chi connectivity index (χ2v) is 4.98. The van der Waals surface area contributed by atoms with Gasteiger partial charge in [-0.15, -0.1) is 0 Å². The summed E-state index contributed by atoms with van der Waals surface area (Å²) in [6.07, 6.45) is 0.577. The Kier molecular flexibility index (Phi) is 3.45. The first-order valence-electron chi connectivity index (χ1n) is 5.29. The topological polar surface area (TPSA) is 20.3 Å². The number of anilines is 1. The van der Waals surface area contributed by atoms with Crippen molar-refractivity contribution < 1.29 is 4.79 Å². The van der Waals surface area contributed by atoms with Gasteiger partial charge in [0.2, 0.25) is 5.91 Å². The summed E-state index contributed by atoms with van der Waals surface area (Å²) in [6, 6.07) is 5.75. The van der Waals surface area contributed by atoms with E-state index in [9.17, 15) is 4.79 Å². The number of nitrogens with zero attached hydrogens (tertiary/aromatic N) is 1. The number of halogens is 1. The van der Waals surface area contributed by atoms with Crippen molar-refractivity contribution in [2.24, 2.45) is 5.92 Å². The fraction of sp³-hybridized carbons (Fsp3) is 0.417. The van der Waals surface area contributed by atoms with Gasteiger partial charge in [0.25, 0.3) is 0 Å². The third-order valence-corrected chi connectivity index (χ3v) is 3.69. The van der Waals surface area contributed by atoms with E-state index in [1.807, 2.05) is 25.1 Å². The zero-order valence-electron chi connectivity index (χ0n) is 9.11. The van der Waals surface area contributed by atoms with Gasteiger partial charge >= 0.3 is 0 Å². The van der Waals surface area contributed by atoms with Gasteiger partial charge in [0, 0.05) is 13.0 Å². The Balaban J connectivity index is 2.30. The minimum Gasteiger partial charge on any atom is -0.311 e. The number of amides is 1. The molecule has 1 aromatic rings. The molecule has 1 atom stereocenters. The van der Waals surface area contributed by atoms with Crippen molar-refractivity contribution in [3.63, 3.8) is 0 Å². The summed E-state index contributed by atoms with van der Waals surface area (Å²) in [5, 5.41) is 0.638. The van der Waals surface area contributed by atoms with Gasteiger partial charge in [0.15, 0.2) is 0 Å². The second kappa shape index (κ2) is 4.68. The number of thiol groups is 1. The lowest BCUT2D eigenvalue weighted by atomic mass is 10.1. The molecule has 1 heterocycles. The van der Waals surface area contributed by atoms with Crippen molar-refractivity contribution in [2.45, 2.75) is 13.3 Å². The van der Waals surface area contributed by atoms with E-state index in [1.54, 1.807) is 4.90 Å². The van der Waals surface area contributed by atoms with Crippen molar-refractivity contribution in [3.05, 3.63) is 28.8 Å². The summed E-state index contributed by atoms with van der Waals surface area (Å²) in [5.41, 5.74) is 1.94. The Hall–Kier alpha value is -0.670. The molecule has 0 spiro atoms. The molecule has 86 valence electrons. The van der Waals surface area contributed by atoms with Crippen LogP contribution in [0.3, 0.4) is 0 Å². The number of aryl methyl sites for hydroxylation is 1. The zero-order chi connectivity index (χ0) is 11.7. The van der Waals surface area contributed by atoms with Crippen molar-refractivity contribution in [1.82, 2.24) is 0 Å². The van der Waals surface area contributed by atoms with Crippen LogP contribution in [0.15, 0.2) is 18.2 Å². The molecule has 1 fully saturated rings. The molecule has 1 aliphatic rings. The first kappa shape index (κ1) is 11.8. The average molecular weight is 256 g/mol. The monoisotopic (exact) mass is 255 g/mol. The van der Waals surface area contributed by atoms with Crippen LogP contribution in [0.2, 0.25) is 5.02 Å². The van der Waals surface area contributed by atoms with Crippen LogP contribution in [0.25, 0.3) is 0 Å². The molecule has 1 aliphatic heterocycles. The SMILES string of the molecule is Cc1ccc(Cl)c(N2CC(CS)CC2=O)c1. The van der Waals surface area contributed by atoms with Crippen LogP contribution >= 0.6 is 24.2 Å². The van der Waals surface area contributed by atoms with E-state index in [2.05, 4.69) is 12.6 Å². The number of hydrogen-bond acceptors (Lipinski definition) is 2. The van der Waals surface area contributed by atoms with E-state index < -0.39 is 0 Å². The molecule has 1 amide bonds. The maximum absolute atomic E-state index is 11.8. The van der Waals surface area contributed by atoms with E-state index >= 15 is 0 Å². The first-order valence-corrected chi connectivity index (χ1v) is 6.30. The Bertz CT molecular complexity index is 421. The van der Waals surface area contributed by atoms with Gasteiger partial charge in [-0.05, 0) is 36.3 Å². The molecule has 16 heavy (non-hydrogen) atoms. The highest BCUT2D eigenvalue weighted by Gasteiger charge is 2.30. The lowest BCUT2D eigenvalue weighted by Crippen LogP contribution is -2.25. The molecular formula is C12H14ClNOS. The van der Waals surface area contributed by atoms with Crippen LogP contribution in [0.1, 0.15) is 12.0 Å². The number of carbonyl (C=O) groups is 1. The Morgan fingerprint density at radius 2 is 2.31 bits per heavy atom. The highest BCUT2D eigenvalue weighted by Crippen LogP contribution is 2.32. The maximum Gasteiger partial charge on any atom is 0.227 e. The molecule has 0 aliphatic carbocycles. The average Bonchev–Trinajstić information content (AvgIpc) is 2.63. The number of benzene rings is 1. The summed E-state index contributed by atoms with van der Waals surface area (Å²) in [6.45, 7) is 2.72. The molecule has 0 N–H and O–H groups in total. The molecule has 0 bridgehead atoms. The fourth-order valence-corrected chi connectivity index (χ4v) is 2.43. The van der Waals surface area contributed by atoms with Crippen molar-refractivity contribution in [3.8, 4) is 0 Å². The summed E-state index contributed by atoms with van der Waals surface area (Å²) in [5.74, 6) is 1.23. The summed E-state index contributed by atoms with van der Waals surface area (Å²) in [4.78, 5) is 13.6. The summed E-state index contributed by atoms with van der Waals surface area (Å²) in [7, 11) is 0. The molecule has 1 aromatic carbocycles. The molecule has 4 heteroatoms. The van der Waals surface area contributed by atoms with Crippen molar-refractivity contribution >= 4 is 35.8 Å². The third-order valence-electron chi connectivity index (χ3n) is 2.86. The smallest absolute Gasteiger partial charge is 0.227 e. The van der Waals surface area contributed by atoms with Gasteiger partial charge in [-0.2, -0.15) is 12.6 Å². The van der Waals surface area contributed by atoms with Gasteiger partial charge in [0.1, 0.15) is 0 Å². The van der Waals surface area contributed by atoms with Crippen molar-refractivity contribution in [2.75, 3.05) is 17.2 Å². The second-order valence-electron chi connectivity index (χ2n) is 4.21. The molecule has 2 rings (SSSR count). The largest absolute Gasteiger partial charge is 0.311 e. The zero-order valence-corrected chi connectivity index (χ0v) is 10.8. The lowest BCUT2D eigenvalue weighted by molar-refractivity contribution is -0.117. The fourth-order valence-electron chi connectivity index (χ4n) is 1.97. The normalized spacial score (nSPS) is 20.6. The Morgan fingerprint density at radius 3 is 2.94 bits per heavy atom. The molecule has 1 unspecified atom stereocenters. The predicted octanol–water partition coefficient (Wildman–Crippen LogP) is 2.93. The molecule has 2 nitrogen and oxygen atoms in total. The molecule has 0 aromatic heterocycles. The first-order chi connectivity index (χ1) is 7.61. The van der Waals surface area contributed by atoms with Crippen LogP contribution in [0.5, 0.6) is 0 Å². The molecular weight excluding hydrogens is 242 g/mol. The lowest BCUT2D eigenvalue weighted by Gasteiger charge is -2.18. The van der Waals surface area contributed by atoms with E-state index in [0.29, 0.717) is 17.4 Å². The van der Waals surface area contributed by atoms with E-state index in [1.165, 1.54) is 0 Å². The van der Waals surface area contributed by atoms with E-state index in [-0.39, 0.29) is 5.91 Å². The maximum atomic E-state index is 11.8. The van der Waals surface area contributed by atoms with E-state index in [0.717, 1.165) is 23.5 Å². The van der Waals surface area contributed by atoms with Crippen LogP contribution in [-0.2, 0) is 4.79 Å². The Labute approximate surface area is 106 Å². The molecule has 0 saturated carbocycles.